The SMILES string of the molecule is COC(=O)c1c(NC(=S)NCCCn2nc(C(F)(F)F)cc2C)sc2c1CCC(C)C2. The third kappa shape index (κ3) is 5.57. The molecule has 0 aromatic carbocycles. The van der Waals surface area contributed by atoms with Gasteiger partial charge in [-0.15, -0.1) is 11.3 Å². The second-order valence-corrected chi connectivity index (χ2v) is 9.19. The van der Waals surface area contributed by atoms with E-state index in [1.54, 1.807) is 6.92 Å². The first-order chi connectivity index (χ1) is 14.6. The number of alkyl halides is 3. The van der Waals surface area contributed by atoms with E-state index >= 15 is 0 Å². The smallest absolute Gasteiger partial charge is 0.435 e. The van der Waals surface area contributed by atoms with Crippen molar-refractivity contribution in [2.45, 2.75) is 52.3 Å². The number of nitrogens with one attached hydrogen (secondary N) is 2. The van der Waals surface area contributed by atoms with Gasteiger partial charge in [0.15, 0.2) is 10.8 Å². The first kappa shape index (κ1) is 23.5. The van der Waals surface area contributed by atoms with E-state index in [2.05, 4.69) is 22.7 Å². The minimum atomic E-state index is -4.45. The van der Waals surface area contributed by atoms with Gasteiger partial charge in [0.1, 0.15) is 5.00 Å². The molecule has 2 aromatic rings. The highest BCUT2D eigenvalue weighted by Gasteiger charge is 2.34. The van der Waals surface area contributed by atoms with E-state index in [1.165, 1.54) is 28.0 Å². The molecule has 1 unspecified atom stereocenters. The Bertz CT molecular complexity index is 969. The van der Waals surface area contributed by atoms with Gasteiger partial charge in [0.25, 0.3) is 0 Å². The molecule has 3 rings (SSSR count). The van der Waals surface area contributed by atoms with Crippen LogP contribution >= 0.6 is 23.6 Å². The lowest BCUT2D eigenvalue weighted by Crippen LogP contribution is -2.30. The monoisotopic (exact) mass is 474 g/mol. The van der Waals surface area contributed by atoms with Gasteiger partial charge >= 0.3 is 12.1 Å². The summed E-state index contributed by atoms with van der Waals surface area (Å²) in [5.41, 5.74) is 1.15. The van der Waals surface area contributed by atoms with Crippen molar-refractivity contribution in [2.75, 3.05) is 19.0 Å². The van der Waals surface area contributed by atoms with E-state index in [1.807, 2.05) is 0 Å². The summed E-state index contributed by atoms with van der Waals surface area (Å²) in [7, 11) is 1.36. The molecule has 11 heteroatoms. The Labute approximate surface area is 188 Å². The number of aromatic nitrogens is 2. The van der Waals surface area contributed by atoms with Crippen LogP contribution in [0.2, 0.25) is 0 Å². The molecule has 0 saturated heterocycles. The largest absolute Gasteiger partial charge is 0.465 e. The summed E-state index contributed by atoms with van der Waals surface area (Å²) in [5.74, 6) is 0.185. The molecule has 170 valence electrons. The Morgan fingerprint density at radius 3 is 2.84 bits per heavy atom. The molecule has 6 nitrogen and oxygen atoms in total. The number of hydrogen-bond donors (Lipinski definition) is 2. The van der Waals surface area contributed by atoms with Crippen LogP contribution in [-0.2, 0) is 30.3 Å². The molecule has 0 saturated carbocycles. The third-order valence-corrected chi connectivity index (χ3v) is 6.65. The van der Waals surface area contributed by atoms with Crippen LogP contribution < -0.4 is 10.6 Å². The minimum absolute atomic E-state index is 0.329. The quantitative estimate of drug-likeness (QED) is 0.364. The average Bonchev–Trinajstić information content (AvgIpc) is 3.24. The lowest BCUT2D eigenvalue weighted by Gasteiger charge is -2.18. The Kier molecular flexibility index (Phi) is 7.25. The number of thiocarbonyl (C=S) groups is 1. The second-order valence-electron chi connectivity index (χ2n) is 7.67. The highest BCUT2D eigenvalue weighted by Crippen LogP contribution is 2.40. The van der Waals surface area contributed by atoms with Gasteiger partial charge in [-0.1, -0.05) is 6.92 Å². The van der Waals surface area contributed by atoms with E-state index in [-0.39, 0.29) is 5.97 Å². The predicted octanol–water partition coefficient (Wildman–Crippen LogP) is 4.56. The number of halogens is 3. The zero-order chi connectivity index (χ0) is 22.8. The Morgan fingerprint density at radius 2 is 2.19 bits per heavy atom. The summed E-state index contributed by atoms with van der Waals surface area (Å²) in [6, 6.07) is 1.04. The number of nitrogens with zero attached hydrogens (tertiary/aromatic N) is 2. The second kappa shape index (κ2) is 9.56. The van der Waals surface area contributed by atoms with Crippen molar-refractivity contribution < 1.29 is 22.7 Å². The number of aryl methyl sites for hydroxylation is 2. The molecule has 2 heterocycles. The molecule has 1 aliphatic rings. The van der Waals surface area contributed by atoms with Crippen molar-refractivity contribution in [3.05, 3.63) is 33.5 Å². The van der Waals surface area contributed by atoms with E-state index in [0.717, 1.165) is 30.9 Å². The summed E-state index contributed by atoms with van der Waals surface area (Å²) in [4.78, 5) is 13.5. The molecular weight excluding hydrogens is 449 g/mol. The fraction of sp³-hybridized carbons (Fsp3) is 0.550. The Hall–Kier alpha value is -2.14. The number of ether oxygens (including phenoxy) is 1. The van der Waals surface area contributed by atoms with Gasteiger partial charge in [-0.05, 0) is 62.4 Å². The van der Waals surface area contributed by atoms with Crippen molar-refractivity contribution >= 4 is 39.6 Å². The lowest BCUT2D eigenvalue weighted by atomic mass is 9.88. The molecule has 0 bridgehead atoms. The molecule has 0 fully saturated rings. The van der Waals surface area contributed by atoms with Crippen LogP contribution in [0.25, 0.3) is 0 Å². The number of rotatable bonds is 6. The first-order valence-electron chi connectivity index (χ1n) is 9.99. The fourth-order valence-corrected chi connectivity index (χ4v) is 5.28. The average molecular weight is 475 g/mol. The maximum atomic E-state index is 12.8. The van der Waals surface area contributed by atoms with Gasteiger partial charge in [0, 0.05) is 23.7 Å². The summed E-state index contributed by atoms with van der Waals surface area (Å²) >= 11 is 6.87. The van der Waals surface area contributed by atoms with E-state index < -0.39 is 11.9 Å². The number of carbonyl (C=O) groups excluding carboxylic acids is 1. The Balaban J connectivity index is 1.57. The van der Waals surface area contributed by atoms with Crippen LogP contribution in [0.3, 0.4) is 0 Å². The van der Waals surface area contributed by atoms with Gasteiger partial charge < -0.3 is 15.4 Å². The normalized spacial score (nSPS) is 16.0. The number of thiophene rings is 1. The molecule has 31 heavy (non-hydrogen) atoms. The van der Waals surface area contributed by atoms with E-state index in [0.29, 0.717) is 46.8 Å². The predicted molar refractivity (Wildman–Crippen MR) is 118 cm³/mol. The van der Waals surface area contributed by atoms with Crippen molar-refractivity contribution in [1.29, 1.82) is 0 Å². The van der Waals surface area contributed by atoms with Gasteiger partial charge in [-0.25, -0.2) is 4.79 Å². The summed E-state index contributed by atoms with van der Waals surface area (Å²) in [5, 5.41) is 10.8. The highest BCUT2D eigenvalue weighted by atomic mass is 32.1. The van der Waals surface area contributed by atoms with E-state index in [9.17, 15) is 18.0 Å². The van der Waals surface area contributed by atoms with Crippen LogP contribution in [0, 0.1) is 12.8 Å². The van der Waals surface area contributed by atoms with Crippen LogP contribution in [0.5, 0.6) is 0 Å². The first-order valence-corrected chi connectivity index (χ1v) is 11.2. The summed E-state index contributed by atoms with van der Waals surface area (Å²) in [6.07, 6.45) is -1.13. The number of fused-ring (bicyclic) bond motifs is 1. The molecule has 0 spiro atoms. The number of methoxy groups -OCH3 is 1. The van der Waals surface area contributed by atoms with Crippen molar-refractivity contribution in [3.8, 4) is 0 Å². The van der Waals surface area contributed by atoms with Crippen LogP contribution in [0.15, 0.2) is 6.07 Å². The molecular formula is C20H25F3N4O2S2. The van der Waals surface area contributed by atoms with Crippen LogP contribution in [0.1, 0.15) is 52.0 Å². The molecule has 0 radical (unpaired) electrons. The minimum Gasteiger partial charge on any atom is -0.465 e. The third-order valence-electron chi connectivity index (χ3n) is 5.23. The molecule has 1 atom stereocenters. The summed E-state index contributed by atoms with van der Waals surface area (Å²) < 4.78 is 44.6. The van der Waals surface area contributed by atoms with Crippen molar-refractivity contribution in [2.24, 2.45) is 5.92 Å². The van der Waals surface area contributed by atoms with Gasteiger partial charge in [-0.2, -0.15) is 18.3 Å². The van der Waals surface area contributed by atoms with Crippen LogP contribution in [0.4, 0.5) is 18.2 Å². The number of anilines is 1. The van der Waals surface area contributed by atoms with Gasteiger partial charge in [-0.3, -0.25) is 4.68 Å². The fourth-order valence-electron chi connectivity index (χ4n) is 3.61. The number of hydrogen-bond acceptors (Lipinski definition) is 5. The highest BCUT2D eigenvalue weighted by molar-refractivity contribution is 7.80. The number of esters is 1. The standard InChI is InChI=1S/C20H25F3N4O2S2/c1-11-5-6-13-14(9-11)31-17(16(13)18(28)29-3)25-19(30)24-7-4-8-27-12(2)10-15(26-27)20(21,22)23/h10-11H,4-9H2,1-3H3,(H2,24,25,30). The lowest BCUT2D eigenvalue weighted by molar-refractivity contribution is -0.141. The van der Waals surface area contributed by atoms with Crippen LogP contribution in [-0.4, -0.2) is 34.5 Å². The molecule has 1 aliphatic carbocycles. The molecule has 2 aromatic heterocycles. The zero-order valence-corrected chi connectivity index (χ0v) is 19.2. The summed E-state index contributed by atoms with van der Waals surface area (Å²) in [6.45, 7) is 4.56. The Morgan fingerprint density at radius 1 is 1.45 bits per heavy atom. The zero-order valence-electron chi connectivity index (χ0n) is 17.6. The molecule has 0 aliphatic heterocycles. The maximum absolute atomic E-state index is 12.8. The maximum Gasteiger partial charge on any atom is 0.435 e. The van der Waals surface area contributed by atoms with Gasteiger partial charge in [0.2, 0.25) is 0 Å². The molecule has 2 N–H and O–H groups in total. The topological polar surface area (TPSA) is 68.2 Å². The van der Waals surface area contributed by atoms with Crippen molar-refractivity contribution in [1.82, 2.24) is 15.1 Å². The molecule has 0 amide bonds. The van der Waals surface area contributed by atoms with E-state index in [4.69, 9.17) is 17.0 Å². The van der Waals surface area contributed by atoms with Crippen molar-refractivity contribution in [3.63, 3.8) is 0 Å². The number of carbonyl (C=O) groups is 1. The van der Waals surface area contributed by atoms with Gasteiger partial charge in [0.05, 0.1) is 12.7 Å².